The molecule has 0 unspecified atom stereocenters. The molecular formula is C14H20N2OS. The Kier molecular flexibility index (Phi) is 4.55. The standard InChI is InChI=1S/C14H20N2OS/c1-11(2)7-9-17-10-8-16-13-6-4-3-5-12(13)15-14(16)18/h3-6,11H,7-10H2,1-2H3,(H,15,18). The number of ether oxygens (including phenoxy) is 1. The van der Waals surface area contributed by atoms with Gasteiger partial charge < -0.3 is 14.3 Å². The van der Waals surface area contributed by atoms with Crippen molar-refractivity contribution in [2.24, 2.45) is 5.92 Å². The molecule has 0 saturated carbocycles. The number of H-pyrrole nitrogens is 1. The van der Waals surface area contributed by atoms with Gasteiger partial charge in [-0.25, -0.2) is 0 Å². The second-order valence-corrected chi connectivity index (χ2v) is 5.28. The van der Waals surface area contributed by atoms with E-state index in [-0.39, 0.29) is 0 Å². The molecule has 0 bridgehead atoms. The summed E-state index contributed by atoms with van der Waals surface area (Å²) >= 11 is 5.32. The van der Waals surface area contributed by atoms with E-state index in [1.807, 2.05) is 18.2 Å². The molecule has 0 aliphatic carbocycles. The fourth-order valence-electron chi connectivity index (χ4n) is 1.91. The van der Waals surface area contributed by atoms with Gasteiger partial charge in [0.15, 0.2) is 4.77 Å². The lowest BCUT2D eigenvalue weighted by atomic mass is 10.1. The number of nitrogens with zero attached hydrogens (tertiary/aromatic N) is 1. The van der Waals surface area contributed by atoms with Crippen LogP contribution in [0.3, 0.4) is 0 Å². The van der Waals surface area contributed by atoms with Gasteiger partial charge in [0, 0.05) is 13.2 Å². The molecule has 0 aliphatic heterocycles. The summed E-state index contributed by atoms with van der Waals surface area (Å²) in [5.74, 6) is 0.695. The van der Waals surface area contributed by atoms with E-state index < -0.39 is 0 Å². The Morgan fingerprint density at radius 1 is 1.28 bits per heavy atom. The molecule has 0 atom stereocenters. The Hall–Kier alpha value is -1.13. The number of aromatic nitrogens is 2. The van der Waals surface area contributed by atoms with E-state index in [0.29, 0.717) is 12.5 Å². The van der Waals surface area contributed by atoms with Crippen molar-refractivity contribution in [2.75, 3.05) is 13.2 Å². The monoisotopic (exact) mass is 264 g/mol. The zero-order chi connectivity index (χ0) is 13.0. The summed E-state index contributed by atoms with van der Waals surface area (Å²) in [7, 11) is 0. The van der Waals surface area contributed by atoms with Crippen LogP contribution in [0.2, 0.25) is 0 Å². The third-order valence-corrected chi connectivity index (χ3v) is 3.30. The summed E-state index contributed by atoms with van der Waals surface area (Å²) in [6.45, 7) is 6.76. The van der Waals surface area contributed by atoms with Gasteiger partial charge in [-0.2, -0.15) is 0 Å². The molecule has 18 heavy (non-hydrogen) atoms. The van der Waals surface area contributed by atoms with Crippen molar-refractivity contribution in [3.8, 4) is 0 Å². The van der Waals surface area contributed by atoms with Crippen LogP contribution < -0.4 is 0 Å². The van der Waals surface area contributed by atoms with Crippen LogP contribution in [0, 0.1) is 10.7 Å². The minimum absolute atomic E-state index is 0.695. The number of rotatable bonds is 6. The summed E-state index contributed by atoms with van der Waals surface area (Å²) in [4.78, 5) is 3.21. The van der Waals surface area contributed by atoms with Crippen molar-refractivity contribution in [3.05, 3.63) is 29.0 Å². The normalized spacial score (nSPS) is 11.5. The molecule has 0 radical (unpaired) electrons. The van der Waals surface area contributed by atoms with E-state index in [4.69, 9.17) is 17.0 Å². The second kappa shape index (κ2) is 6.16. The Labute approximate surface area is 113 Å². The molecule has 0 aliphatic rings. The number of benzene rings is 1. The van der Waals surface area contributed by atoms with Gasteiger partial charge in [-0.1, -0.05) is 26.0 Å². The van der Waals surface area contributed by atoms with Crippen LogP contribution in [0.1, 0.15) is 20.3 Å². The molecule has 0 amide bonds. The first-order chi connectivity index (χ1) is 8.68. The first-order valence-electron chi connectivity index (χ1n) is 6.44. The van der Waals surface area contributed by atoms with Crippen LogP contribution in [-0.4, -0.2) is 22.8 Å². The molecule has 1 N–H and O–H groups in total. The maximum absolute atomic E-state index is 5.64. The van der Waals surface area contributed by atoms with Gasteiger partial charge in [0.05, 0.1) is 17.6 Å². The maximum atomic E-state index is 5.64. The molecule has 1 heterocycles. The van der Waals surface area contributed by atoms with Crippen molar-refractivity contribution < 1.29 is 4.74 Å². The van der Waals surface area contributed by atoms with Crippen LogP contribution >= 0.6 is 12.2 Å². The highest BCUT2D eigenvalue weighted by atomic mass is 32.1. The number of imidazole rings is 1. The molecule has 0 spiro atoms. The number of fused-ring (bicyclic) bond motifs is 1. The smallest absolute Gasteiger partial charge is 0.178 e. The molecule has 98 valence electrons. The summed E-state index contributed by atoms with van der Waals surface area (Å²) in [5, 5.41) is 0. The van der Waals surface area contributed by atoms with Gasteiger partial charge >= 0.3 is 0 Å². The summed E-state index contributed by atoms with van der Waals surface area (Å²) in [5.41, 5.74) is 2.24. The largest absolute Gasteiger partial charge is 0.380 e. The van der Waals surface area contributed by atoms with Crippen molar-refractivity contribution in [1.82, 2.24) is 9.55 Å². The van der Waals surface area contributed by atoms with Crippen LogP contribution in [0.5, 0.6) is 0 Å². The summed E-state index contributed by atoms with van der Waals surface area (Å²) < 4.78 is 8.51. The van der Waals surface area contributed by atoms with Gasteiger partial charge in [0.25, 0.3) is 0 Å². The van der Waals surface area contributed by atoms with Crippen LogP contribution in [-0.2, 0) is 11.3 Å². The molecular weight excluding hydrogens is 244 g/mol. The highest BCUT2D eigenvalue weighted by molar-refractivity contribution is 7.71. The fourth-order valence-corrected chi connectivity index (χ4v) is 2.21. The van der Waals surface area contributed by atoms with E-state index in [1.165, 1.54) is 0 Å². The third-order valence-electron chi connectivity index (χ3n) is 2.98. The third kappa shape index (κ3) is 3.21. The lowest BCUT2D eigenvalue weighted by Crippen LogP contribution is -2.08. The van der Waals surface area contributed by atoms with E-state index in [9.17, 15) is 0 Å². The van der Waals surface area contributed by atoms with Gasteiger partial charge in [0.1, 0.15) is 0 Å². The van der Waals surface area contributed by atoms with Gasteiger partial charge in [-0.3, -0.25) is 0 Å². The number of aromatic amines is 1. The molecule has 2 rings (SSSR count). The number of nitrogens with one attached hydrogen (secondary N) is 1. The van der Waals surface area contributed by atoms with Crippen molar-refractivity contribution in [2.45, 2.75) is 26.8 Å². The zero-order valence-electron chi connectivity index (χ0n) is 11.0. The molecule has 1 aromatic heterocycles. The first kappa shape index (κ1) is 13.3. The van der Waals surface area contributed by atoms with Crippen LogP contribution in [0.15, 0.2) is 24.3 Å². The average molecular weight is 264 g/mol. The maximum Gasteiger partial charge on any atom is 0.178 e. The van der Waals surface area contributed by atoms with Crippen molar-refractivity contribution in [3.63, 3.8) is 0 Å². The summed E-state index contributed by atoms with van der Waals surface area (Å²) in [6.07, 6.45) is 1.11. The Balaban J connectivity index is 1.95. The SMILES string of the molecule is CC(C)CCOCCn1c(=S)[nH]c2ccccc21. The molecule has 0 fully saturated rings. The first-order valence-corrected chi connectivity index (χ1v) is 6.84. The topological polar surface area (TPSA) is 29.9 Å². The predicted octanol–water partition coefficient (Wildman–Crippen LogP) is 3.76. The van der Waals surface area contributed by atoms with Gasteiger partial charge in [0.2, 0.25) is 0 Å². The fraction of sp³-hybridized carbons (Fsp3) is 0.500. The highest BCUT2D eigenvalue weighted by Crippen LogP contribution is 2.13. The summed E-state index contributed by atoms with van der Waals surface area (Å²) in [6, 6.07) is 8.16. The lowest BCUT2D eigenvalue weighted by Gasteiger charge is -2.07. The Bertz CT molecular complexity index is 556. The zero-order valence-corrected chi connectivity index (χ0v) is 11.8. The van der Waals surface area contributed by atoms with E-state index in [0.717, 1.165) is 35.4 Å². The van der Waals surface area contributed by atoms with Gasteiger partial charge in [-0.05, 0) is 36.7 Å². The molecule has 3 nitrogen and oxygen atoms in total. The molecule has 2 aromatic rings. The number of hydrogen-bond acceptors (Lipinski definition) is 2. The number of para-hydroxylation sites is 2. The Morgan fingerprint density at radius 2 is 2.06 bits per heavy atom. The van der Waals surface area contributed by atoms with Gasteiger partial charge in [-0.15, -0.1) is 0 Å². The Morgan fingerprint density at radius 3 is 2.83 bits per heavy atom. The van der Waals surface area contributed by atoms with Crippen molar-refractivity contribution >= 4 is 23.3 Å². The minimum Gasteiger partial charge on any atom is -0.380 e. The quantitative estimate of drug-likeness (QED) is 0.636. The van der Waals surface area contributed by atoms with E-state index in [2.05, 4.69) is 29.5 Å². The van der Waals surface area contributed by atoms with Crippen LogP contribution in [0.25, 0.3) is 11.0 Å². The average Bonchev–Trinajstić information content (AvgIpc) is 2.65. The molecule has 0 saturated heterocycles. The minimum atomic E-state index is 0.695. The molecule has 4 heteroatoms. The predicted molar refractivity (Wildman–Crippen MR) is 77.4 cm³/mol. The van der Waals surface area contributed by atoms with Crippen LogP contribution in [0.4, 0.5) is 0 Å². The molecule has 1 aromatic carbocycles. The second-order valence-electron chi connectivity index (χ2n) is 4.89. The van der Waals surface area contributed by atoms with Crippen molar-refractivity contribution in [1.29, 1.82) is 0 Å². The highest BCUT2D eigenvalue weighted by Gasteiger charge is 2.03. The van der Waals surface area contributed by atoms with E-state index in [1.54, 1.807) is 0 Å². The van der Waals surface area contributed by atoms with E-state index >= 15 is 0 Å². The number of hydrogen-bond donors (Lipinski definition) is 1. The lowest BCUT2D eigenvalue weighted by molar-refractivity contribution is 0.116.